The van der Waals surface area contributed by atoms with Gasteiger partial charge >= 0.3 is 0 Å². The van der Waals surface area contributed by atoms with Crippen molar-refractivity contribution in [2.24, 2.45) is 0 Å². The molecule has 0 spiro atoms. The fourth-order valence-corrected chi connectivity index (χ4v) is 1.96. The molecule has 0 radical (unpaired) electrons. The second kappa shape index (κ2) is 4.57. The van der Waals surface area contributed by atoms with Crippen molar-refractivity contribution in [3.05, 3.63) is 24.2 Å². The Morgan fingerprint density at radius 3 is 2.84 bits per heavy atom. The van der Waals surface area contributed by atoms with Crippen molar-refractivity contribution in [1.29, 1.82) is 5.26 Å². The van der Waals surface area contributed by atoms with Gasteiger partial charge in [0.1, 0.15) is 17.5 Å². The lowest BCUT2D eigenvalue weighted by atomic mass is 9.93. The number of anilines is 2. The fourth-order valence-electron chi connectivity index (χ4n) is 1.96. The minimum absolute atomic E-state index is 0.282. The Bertz CT molecular complexity index is 622. The maximum absolute atomic E-state index is 9.20. The number of hydrogen-bond acceptors (Lipinski definition) is 6. The first-order chi connectivity index (χ1) is 9.29. The van der Waals surface area contributed by atoms with Crippen LogP contribution in [0.3, 0.4) is 0 Å². The first kappa shape index (κ1) is 11.5. The topological polar surface area (TPSA) is 105 Å². The Hall–Kier alpha value is -2.62. The third-order valence-corrected chi connectivity index (χ3v) is 3.25. The molecule has 0 unspecified atom stereocenters. The first-order valence-electron chi connectivity index (χ1n) is 6.11. The molecule has 0 bridgehead atoms. The van der Waals surface area contributed by atoms with Gasteiger partial charge in [-0.3, -0.25) is 4.98 Å². The number of aromatic nitrogens is 4. The Morgan fingerprint density at radius 2 is 2.26 bits per heavy atom. The molecular weight excluding hydrogens is 242 g/mol. The van der Waals surface area contributed by atoms with E-state index in [1.807, 2.05) is 0 Å². The van der Waals surface area contributed by atoms with E-state index in [0.29, 0.717) is 23.2 Å². The van der Waals surface area contributed by atoms with Gasteiger partial charge in [0, 0.05) is 18.4 Å². The van der Waals surface area contributed by atoms with E-state index in [4.69, 9.17) is 5.73 Å². The van der Waals surface area contributed by atoms with Gasteiger partial charge in [-0.25, -0.2) is 4.98 Å². The van der Waals surface area contributed by atoms with Crippen molar-refractivity contribution in [3.63, 3.8) is 0 Å². The third kappa shape index (κ3) is 1.97. The first-order valence-corrected chi connectivity index (χ1v) is 6.11. The molecule has 2 aromatic heterocycles. The van der Waals surface area contributed by atoms with Gasteiger partial charge in [0.15, 0.2) is 11.6 Å². The second-order valence-electron chi connectivity index (χ2n) is 4.47. The van der Waals surface area contributed by atoms with Gasteiger partial charge in [0.05, 0.1) is 6.20 Å². The highest BCUT2D eigenvalue weighted by Crippen LogP contribution is 2.28. The van der Waals surface area contributed by atoms with E-state index in [2.05, 4.69) is 26.5 Å². The summed E-state index contributed by atoms with van der Waals surface area (Å²) in [5, 5.41) is 16.8. The van der Waals surface area contributed by atoms with Crippen LogP contribution in [0.1, 0.15) is 24.8 Å². The fraction of sp³-hybridized carbons (Fsp3) is 0.333. The van der Waals surface area contributed by atoms with Crippen LogP contribution < -0.4 is 11.1 Å². The minimum atomic E-state index is 0.282. The second-order valence-corrected chi connectivity index (χ2v) is 4.47. The summed E-state index contributed by atoms with van der Waals surface area (Å²) in [5.74, 6) is 1.30. The standard InChI is InChI=1S/C12H13N7/c13-6-9-11(14)19(10-7-15-4-5-16-10)18-12(9)17-8-2-1-3-8/h4-5,7-8H,1-3,14H2,(H,17,18). The van der Waals surface area contributed by atoms with E-state index < -0.39 is 0 Å². The predicted octanol–water partition coefficient (Wildman–Crippen LogP) is 1.08. The van der Waals surface area contributed by atoms with Crippen LogP contribution in [-0.4, -0.2) is 25.8 Å². The van der Waals surface area contributed by atoms with Gasteiger partial charge in [0.2, 0.25) is 0 Å². The smallest absolute Gasteiger partial charge is 0.174 e. The summed E-state index contributed by atoms with van der Waals surface area (Å²) in [5.41, 5.74) is 6.31. The highest BCUT2D eigenvalue weighted by molar-refractivity contribution is 5.65. The van der Waals surface area contributed by atoms with Crippen LogP contribution in [-0.2, 0) is 0 Å². The molecule has 1 fully saturated rings. The predicted molar refractivity (Wildman–Crippen MR) is 69.5 cm³/mol. The zero-order chi connectivity index (χ0) is 13.2. The summed E-state index contributed by atoms with van der Waals surface area (Å²) in [7, 11) is 0. The van der Waals surface area contributed by atoms with Gasteiger partial charge in [-0.1, -0.05) is 0 Å². The van der Waals surface area contributed by atoms with Crippen LogP contribution in [0.25, 0.3) is 5.82 Å². The normalized spacial score (nSPS) is 14.7. The van der Waals surface area contributed by atoms with Crippen LogP contribution in [0.2, 0.25) is 0 Å². The summed E-state index contributed by atoms with van der Waals surface area (Å²) in [6.07, 6.45) is 8.09. The van der Waals surface area contributed by atoms with E-state index >= 15 is 0 Å². The number of nitrogens with two attached hydrogens (primary N) is 1. The summed E-state index contributed by atoms with van der Waals surface area (Å²) < 4.78 is 1.44. The molecule has 19 heavy (non-hydrogen) atoms. The van der Waals surface area contributed by atoms with Gasteiger partial charge in [-0.2, -0.15) is 9.94 Å². The van der Waals surface area contributed by atoms with Gasteiger partial charge < -0.3 is 11.1 Å². The zero-order valence-corrected chi connectivity index (χ0v) is 10.2. The molecule has 0 aliphatic heterocycles. The largest absolute Gasteiger partial charge is 0.382 e. The molecule has 3 N–H and O–H groups in total. The molecule has 96 valence electrons. The van der Waals surface area contributed by atoms with Crippen molar-refractivity contribution < 1.29 is 0 Å². The van der Waals surface area contributed by atoms with Crippen LogP contribution >= 0.6 is 0 Å². The Labute approximate surface area is 110 Å². The quantitative estimate of drug-likeness (QED) is 0.850. The molecular formula is C12H13N7. The maximum Gasteiger partial charge on any atom is 0.174 e. The number of nitriles is 1. The lowest BCUT2D eigenvalue weighted by Crippen LogP contribution is -2.27. The molecule has 0 atom stereocenters. The number of nitrogens with zero attached hydrogens (tertiary/aromatic N) is 5. The van der Waals surface area contributed by atoms with Crippen molar-refractivity contribution in [2.75, 3.05) is 11.1 Å². The van der Waals surface area contributed by atoms with E-state index in [-0.39, 0.29) is 5.82 Å². The molecule has 3 rings (SSSR count). The molecule has 7 heteroatoms. The van der Waals surface area contributed by atoms with E-state index in [1.165, 1.54) is 11.1 Å². The summed E-state index contributed by atoms with van der Waals surface area (Å²) >= 11 is 0. The molecule has 0 amide bonds. The zero-order valence-electron chi connectivity index (χ0n) is 10.2. The maximum atomic E-state index is 9.20. The van der Waals surface area contributed by atoms with Crippen molar-refractivity contribution in [1.82, 2.24) is 19.7 Å². The van der Waals surface area contributed by atoms with Gasteiger partial charge in [-0.15, -0.1) is 5.10 Å². The number of nitrogen functional groups attached to an aromatic ring is 1. The van der Waals surface area contributed by atoms with Gasteiger partial charge in [-0.05, 0) is 19.3 Å². The average molecular weight is 255 g/mol. The van der Waals surface area contributed by atoms with E-state index in [9.17, 15) is 5.26 Å². The van der Waals surface area contributed by atoms with Crippen molar-refractivity contribution in [3.8, 4) is 11.9 Å². The summed E-state index contributed by atoms with van der Waals surface area (Å²) in [6, 6.07) is 2.47. The van der Waals surface area contributed by atoms with Crippen LogP contribution in [0, 0.1) is 11.3 Å². The van der Waals surface area contributed by atoms with Crippen LogP contribution in [0.15, 0.2) is 18.6 Å². The van der Waals surface area contributed by atoms with Crippen molar-refractivity contribution >= 4 is 11.6 Å². The molecule has 2 aromatic rings. The Kier molecular flexibility index (Phi) is 2.76. The van der Waals surface area contributed by atoms with Crippen LogP contribution in [0.4, 0.5) is 11.6 Å². The Morgan fingerprint density at radius 1 is 1.42 bits per heavy atom. The van der Waals surface area contributed by atoms with Crippen LogP contribution in [0.5, 0.6) is 0 Å². The summed E-state index contributed by atoms with van der Waals surface area (Å²) in [6.45, 7) is 0. The molecule has 7 nitrogen and oxygen atoms in total. The number of rotatable bonds is 3. The van der Waals surface area contributed by atoms with E-state index in [1.54, 1.807) is 18.6 Å². The summed E-state index contributed by atoms with van der Waals surface area (Å²) in [4.78, 5) is 8.11. The highest BCUT2D eigenvalue weighted by atomic mass is 15.4. The van der Waals surface area contributed by atoms with Crippen molar-refractivity contribution in [2.45, 2.75) is 25.3 Å². The molecule has 1 saturated carbocycles. The van der Waals surface area contributed by atoms with E-state index in [0.717, 1.165) is 12.8 Å². The van der Waals surface area contributed by atoms with Gasteiger partial charge in [0.25, 0.3) is 0 Å². The minimum Gasteiger partial charge on any atom is -0.382 e. The third-order valence-electron chi connectivity index (χ3n) is 3.25. The lowest BCUT2D eigenvalue weighted by molar-refractivity contribution is 0.444. The number of hydrogen-bond donors (Lipinski definition) is 2. The molecule has 1 aliphatic rings. The average Bonchev–Trinajstić information content (AvgIpc) is 2.71. The number of nitrogens with one attached hydrogen (secondary N) is 1. The lowest BCUT2D eigenvalue weighted by Gasteiger charge is -2.26. The monoisotopic (exact) mass is 255 g/mol. The molecule has 1 aliphatic carbocycles. The molecule has 0 saturated heterocycles. The highest BCUT2D eigenvalue weighted by Gasteiger charge is 2.23. The Balaban J connectivity index is 1.99. The molecule has 2 heterocycles. The SMILES string of the molecule is N#Cc1c(NC2CCC2)nn(-c2cnccn2)c1N. The molecule has 0 aromatic carbocycles.